The summed E-state index contributed by atoms with van der Waals surface area (Å²) in [5, 5.41) is 0. The SMILES string of the molecule is CC/C(Sc1ccc(OC)cc1)=C1\CCOC1=O. The summed E-state index contributed by atoms with van der Waals surface area (Å²) >= 11 is 1.63. The minimum atomic E-state index is -0.159. The Morgan fingerprint density at radius 3 is 2.61 bits per heavy atom. The van der Waals surface area contributed by atoms with Gasteiger partial charge in [0.25, 0.3) is 0 Å². The molecule has 0 aliphatic carbocycles. The molecule has 1 aliphatic heterocycles. The minimum absolute atomic E-state index is 0.159. The van der Waals surface area contributed by atoms with E-state index in [1.165, 1.54) is 0 Å². The van der Waals surface area contributed by atoms with Gasteiger partial charge in [-0.3, -0.25) is 0 Å². The van der Waals surface area contributed by atoms with Crippen LogP contribution in [0.4, 0.5) is 0 Å². The van der Waals surface area contributed by atoms with E-state index in [0.717, 1.165) is 34.0 Å². The molecule has 1 heterocycles. The summed E-state index contributed by atoms with van der Waals surface area (Å²) in [6, 6.07) is 7.85. The lowest BCUT2D eigenvalue weighted by Crippen LogP contribution is -1.97. The van der Waals surface area contributed by atoms with E-state index in [1.807, 2.05) is 24.3 Å². The fraction of sp³-hybridized carbons (Fsp3) is 0.357. The third kappa shape index (κ3) is 2.88. The van der Waals surface area contributed by atoms with Crippen molar-refractivity contribution in [2.75, 3.05) is 13.7 Å². The third-order valence-electron chi connectivity index (χ3n) is 2.79. The number of allylic oxidation sites excluding steroid dienone is 1. The molecule has 2 rings (SSSR count). The van der Waals surface area contributed by atoms with Crippen LogP contribution < -0.4 is 4.74 Å². The van der Waals surface area contributed by atoms with E-state index in [-0.39, 0.29) is 5.97 Å². The fourth-order valence-corrected chi connectivity index (χ4v) is 2.83. The molecule has 1 fully saturated rings. The summed E-state index contributed by atoms with van der Waals surface area (Å²) in [5.41, 5.74) is 0.832. The highest BCUT2D eigenvalue weighted by Gasteiger charge is 2.22. The number of carbonyl (C=O) groups is 1. The summed E-state index contributed by atoms with van der Waals surface area (Å²) < 4.78 is 10.1. The molecular formula is C14H16O3S. The molecular weight excluding hydrogens is 248 g/mol. The minimum Gasteiger partial charge on any atom is -0.497 e. The van der Waals surface area contributed by atoms with E-state index in [1.54, 1.807) is 18.9 Å². The molecule has 4 heteroatoms. The fourth-order valence-electron chi connectivity index (χ4n) is 1.82. The quantitative estimate of drug-likeness (QED) is 0.474. The molecule has 1 aromatic rings. The summed E-state index contributed by atoms with van der Waals surface area (Å²) in [7, 11) is 1.65. The van der Waals surface area contributed by atoms with Crippen molar-refractivity contribution in [2.45, 2.75) is 24.7 Å². The van der Waals surface area contributed by atoms with Gasteiger partial charge in [-0.15, -0.1) is 0 Å². The zero-order chi connectivity index (χ0) is 13.0. The number of hydrogen-bond donors (Lipinski definition) is 0. The van der Waals surface area contributed by atoms with Crippen LogP contribution in [0, 0.1) is 0 Å². The van der Waals surface area contributed by atoms with Crippen molar-refractivity contribution < 1.29 is 14.3 Å². The average molecular weight is 264 g/mol. The van der Waals surface area contributed by atoms with Gasteiger partial charge in [0.1, 0.15) is 5.75 Å². The third-order valence-corrected chi connectivity index (χ3v) is 4.08. The number of methoxy groups -OCH3 is 1. The summed E-state index contributed by atoms with van der Waals surface area (Å²) in [5.74, 6) is 0.679. The summed E-state index contributed by atoms with van der Waals surface area (Å²) in [6.07, 6.45) is 1.58. The Labute approximate surface area is 111 Å². The van der Waals surface area contributed by atoms with E-state index in [4.69, 9.17) is 9.47 Å². The van der Waals surface area contributed by atoms with Crippen LogP contribution in [0.15, 0.2) is 39.6 Å². The Hall–Kier alpha value is -1.42. The maximum Gasteiger partial charge on any atom is 0.334 e. The monoisotopic (exact) mass is 264 g/mol. The number of rotatable bonds is 4. The molecule has 1 aliphatic rings. The van der Waals surface area contributed by atoms with Crippen molar-refractivity contribution in [1.29, 1.82) is 0 Å². The number of carbonyl (C=O) groups excluding carboxylic acids is 1. The van der Waals surface area contributed by atoms with Crippen molar-refractivity contribution in [3.63, 3.8) is 0 Å². The molecule has 0 N–H and O–H groups in total. The smallest absolute Gasteiger partial charge is 0.334 e. The lowest BCUT2D eigenvalue weighted by atomic mass is 10.2. The zero-order valence-electron chi connectivity index (χ0n) is 10.6. The Morgan fingerprint density at radius 1 is 1.39 bits per heavy atom. The van der Waals surface area contributed by atoms with Crippen molar-refractivity contribution >= 4 is 17.7 Å². The normalized spacial score (nSPS) is 17.6. The van der Waals surface area contributed by atoms with Gasteiger partial charge in [-0.05, 0) is 30.7 Å². The largest absolute Gasteiger partial charge is 0.497 e. The zero-order valence-corrected chi connectivity index (χ0v) is 11.4. The predicted octanol–water partition coefficient (Wildman–Crippen LogP) is 3.40. The van der Waals surface area contributed by atoms with Gasteiger partial charge in [0.15, 0.2) is 0 Å². The Morgan fingerprint density at radius 2 is 2.11 bits per heavy atom. The molecule has 18 heavy (non-hydrogen) atoms. The predicted molar refractivity (Wildman–Crippen MR) is 71.7 cm³/mol. The molecule has 96 valence electrons. The van der Waals surface area contributed by atoms with E-state index in [0.29, 0.717) is 6.61 Å². The molecule has 1 aromatic carbocycles. The van der Waals surface area contributed by atoms with Crippen LogP contribution >= 0.6 is 11.8 Å². The van der Waals surface area contributed by atoms with Crippen molar-refractivity contribution in [3.05, 3.63) is 34.7 Å². The second-order valence-electron chi connectivity index (χ2n) is 3.92. The molecule has 3 nitrogen and oxygen atoms in total. The molecule has 0 spiro atoms. The van der Waals surface area contributed by atoms with Crippen LogP contribution in [-0.2, 0) is 9.53 Å². The maximum atomic E-state index is 11.6. The van der Waals surface area contributed by atoms with Gasteiger partial charge in [-0.1, -0.05) is 18.7 Å². The van der Waals surface area contributed by atoms with E-state index < -0.39 is 0 Å². The first-order chi connectivity index (χ1) is 8.74. The number of ether oxygens (including phenoxy) is 2. The first-order valence-corrected chi connectivity index (χ1v) is 6.77. The van der Waals surface area contributed by atoms with Crippen LogP contribution in [0.2, 0.25) is 0 Å². The molecule has 0 unspecified atom stereocenters. The van der Waals surface area contributed by atoms with Gasteiger partial charge in [-0.25, -0.2) is 4.79 Å². The molecule has 0 amide bonds. The molecule has 0 atom stereocenters. The highest BCUT2D eigenvalue weighted by Crippen LogP contribution is 2.34. The lowest BCUT2D eigenvalue weighted by molar-refractivity contribution is -0.135. The number of esters is 1. The maximum absolute atomic E-state index is 11.6. The standard InChI is InChI=1S/C14H16O3S/c1-3-13(12-8-9-17-14(12)15)18-11-6-4-10(16-2)5-7-11/h4-7H,3,8-9H2,1-2H3/b13-12-. The van der Waals surface area contributed by atoms with Crippen LogP contribution in [-0.4, -0.2) is 19.7 Å². The van der Waals surface area contributed by atoms with Crippen molar-refractivity contribution in [3.8, 4) is 5.75 Å². The summed E-state index contributed by atoms with van der Waals surface area (Å²) in [4.78, 5) is 13.8. The number of thioether (sulfide) groups is 1. The Balaban J connectivity index is 2.17. The Bertz CT molecular complexity index is 462. The highest BCUT2D eigenvalue weighted by atomic mass is 32.2. The van der Waals surface area contributed by atoms with Crippen LogP contribution in [0.25, 0.3) is 0 Å². The second-order valence-corrected chi connectivity index (χ2v) is 5.09. The van der Waals surface area contributed by atoms with E-state index in [2.05, 4.69) is 6.92 Å². The topological polar surface area (TPSA) is 35.5 Å². The molecule has 0 saturated carbocycles. The number of benzene rings is 1. The first-order valence-electron chi connectivity index (χ1n) is 5.95. The van der Waals surface area contributed by atoms with Crippen LogP contribution in [0.5, 0.6) is 5.75 Å². The van der Waals surface area contributed by atoms with Gasteiger partial charge in [0.2, 0.25) is 0 Å². The molecule has 1 saturated heterocycles. The highest BCUT2D eigenvalue weighted by molar-refractivity contribution is 8.03. The van der Waals surface area contributed by atoms with Gasteiger partial charge in [-0.2, -0.15) is 0 Å². The van der Waals surface area contributed by atoms with Gasteiger partial charge < -0.3 is 9.47 Å². The van der Waals surface area contributed by atoms with Crippen molar-refractivity contribution in [1.82, 2.24) is 0 Å². The lowest BCUT2D eigenvalue weighted by Gasteiger charge is -2.07. The summed E-state index contributed by atoms with van der Waals surface area (Å²) in [6.45, 7) is 2.57. The van der Waals surface area contributed by atoms with Gasteiger partial charge in [0, 0.05) is 16.2 Å². The average Bonchev–Trinajstić information content (AvgIpc) is 2.83. The van der Waals surface area contributed by atoms with E-state index >= 15 is 0 Å². The molecule has 0 aromatic heterocycles. The molecule has 0 bridgehead atoms. The number of hydrogen-bond acceptors (Lipinski definition) is 4. The number of cyclic esters (lactones) is 1. The van der Waals surface area contributed by atoms with Crippen LogP contribution in [0.3, 0.4) is 0 Å². The van der Waals surface area contributed by atoms with Gasteiger partial charge in [0.05, 0.1) is 19.3 Å². The molecule has 0 radical (unpaired) electrons. The Kier molecular flexibility index (Phi) is 4.31. The second kappa shape index (κ2) is 5.96. The van der Waals surface area contributed by atoms with E-state index in [9.17, 15) is 4.79 Å². The first kappa shape index (κ1) is 13.0. The van der Waals surface area contributed by atoms with Gasteiger partial charge >= 0.3 is 5.97 Å². The van der Waals surface area contributed by atoms with Crippen LogP contribution in [0.1, 0.15) is 19.8 Å². The van der Waals surface area contributed by atoms with Crippen molar-refractivity contribution in [2.24, 2.45) is 0 Å².